The van der Waals surface area contributed by atoms with E-state index in [1.807, 2.05) is 24.3 Å². The van der Waals surface area contributed by atoms with Crippen molar-refractivity contribution in [2.75, 3.05) is 19.4 Å². The van der Waals surface area contributed by atoms with Crippen molar-refractivity contribution in [1.82, 2.24) is 10.2 Å². The van der Waals surface area contributed by atoms with Gasteiger partial charge in [0.05, 0.1) is 12.5 Å². The second kappa shape index (κ2) is 7.34. The van der Waals surface area contributed by atoms with Gasteiger partial charge in [-0.2, -0.15) is 0 Å². The van der Waals surface area contributed by atoms with Crippen molar-refractivity contribution >= 4 is 17.5 Å². The van der Waals surface area contributed by atoms with E-state index >= 15 is 0 Å². The summed E-state index contributed by atoms with van der Waals surface area (Å²) in [7, 11) is 3.51. The smallest absolute Gasteiger partial charge is 0.241 e. The second-order valence-corrected chi connectivity index (χ2v) is 7.26. The van der Waals surface area contributed by atoms with E-state index in [4.69, 9.17) is 0 Å². The molecule has 0 radical (unpaired) electrons. The highest BCUT2D eigenvalue weighted by Gasteiger charge is 2.38. The molecule has 1 aliphatic carbocycles. The number of amides is 2. The number of hydrogen-bond donors (Lipinski definition) is 2. The van der Waals surface area contributed by atoms with Crippen LogP contribution in [0.5, 0.6) is 0 Å². The standard InChI is InChI=1S/C19H27N3O2/c1-22(2)18(23)11-13-7-9-15(10-8-13)20-19(24)17-12-14-5-3-4-6-16(14)21-17/h7-10,14,16-17,21H,3-6,11-12H2,1-2H3,(H,20,24). The zero-order valence-corrected chi connectivity index (χ0v) is 14.5. The number of anilines is 1. The first-order valence-electron chi connectivity index (χ1n) is 8.89. The number of carbonyl (C=O) groups excluding carboxylic acids is 2. The van der Waals surface area contributed by atoms with Gasteiger partial charge in [-0.15, -0.1) is 0 Å². The van der Waals surface area contributed by atoms with Crippen molar-refractivity contribution in [2.24, 2.45) is 5.92 Å². The number of hydrogen-bond acceptors (Lipinski definition) is 3. The first-order valence-corrected chi connectivity index (χ1v) is 8.89. The normalized spacial score (nSPS) is 25.8. The summed E-state index contributed by atoms with van der Waals surface area (Å²) in [6.07, 6.45) is 6.35. The molecule has 0 spiro atoms. The van der Waals surface area contributed by atoms with Crippen LogP contribution in [0.15, 0.2) is 24.3 Å². The summed E-state index contributed by atoms with van der Waals surface area (Å²) in [4.78, 5) is 25.8. The fourth-order valence-corrected chi connectivity index (χ4v) is 3.79. The summed E-state index contributed by atoms with van der Waals surface area (Å²) >= 11 is 0. The third-order valence-electron chi connectivity index (χ3n) is 5.25. The molecule has 1 aromatic rings. The van der Waals surface area contributed by atoms with Crippen LogP contribution in [0.2, 0.25) is 0 Å². The average molecular weight is 329 g/mol. The number of carbonyl (C=O) groups is 2. The van der Waals surface area contributed by atoms with Crippen molar-refractivity contribution < 1.29 is 9.59 Å². The molecular formula is C19H27N3O2. The molecule has 1 aromatic carbocycles. The summed E-state index contributed by atoms with van der Waals surface area (Å²) in [5.74, 6) is 0.792. The molecule has 0 aromatic heterocycles. The van der Waals surface area contributed by atoms with E-state index in [2.05, 4.69) is 10.6 Å². The molecule has 2 fully saturated rings. The summed E-state index contributed by atoms with van der Waals surface area (Å²) in [5, 5.41) is 6.50. The van der Waals surface area contributed by atoms with E-state index < -0.39 is 0 Å². The van der Waals surface area contributed by atoms with Gasteiger partial charge in [0.15, 0.2) is 0 Å². The molecule has 5 heteroatoms. The first kappa shape index (κ1) is 17.0. The lowest BCUT2D eigenvalue weighted by atomic mass is 9.85. The number of nitrogens with zero attached hydrogens (tertiary/aromatic N) is 1. The van der Waals surface area contributed by atoms with Crippen LogP contribution in [0.3, 0.4) is 0 Å². The van der Waals surface area contributed by atoms with Gasteiger partial charge in [-0.25, -0.2) is 0 Å². The predicted molar refractivity (Wildman–Crippen MR) is 94.8 cm³/mol. The minimum atomic E-state index is -0.0758. The highest BCUT2D eigenvalue weighted by Crippen LogP contribution is 2.33. The second-order valence-electron chi connectivity index (χ2n) is 7.26. The van der Waals surface area contributed by atoms with E-state index in [9.17, 15) is 9.59 Å². The minimum Gasteiger partial charge on any atom is -0.349 e. The largest absolute Gasteiger partial charge is 0.349 e. The quantitative estimate of drug-likeness (QED) is 0.890. The van der Waals surface area contributed by atoms with E-state index in [1.165, 1.54) is 25.7 Å². The molecule has 1 heterocycles. The number of likely N-dealkylation sites (N-methyl/N-ethyl adjacent to an activating group) is 1. The maximum absolute atomic E-state index is 12.5. The van der Waals surface area contributed by atoms with Crippen molar-refractivity contribution in [1.29, 1.82) is 0 Å². The molecule has 1 aliphatic heterocycles. The molecule has 3 atom stereocenters. The zero-order valence-electron chi connectivity index (χ0n) is 14.5. The van der Waals surface area contributed by atoms with Crippen molar-refractivity contribution in [3.05, 3.63) is 29.8 Å². The molecular weight excluding hydrogens is 302 g/mol. The van der Waals surface area contributed by atoms with Crippen LogP contribution < -0.4 is 10.6 Å². The van der Waals surface area contributed by atoms with Crippen LogP contribution in [-0.4, -0.2) is 42.9 Å². The zero-order chi connectivity index (χ0) is 17.1. The Hall–Kier alpha value is -1.88. The Labute approximate surface area is 143 Å². The Morgan fingerprint density at radius 2 is 1.88 bits per heavy atom. The lowest BCUT2D eigenvalue weighted by Crippen LogP contribution is -2.39. The van der Waals surface area contributed by atoms with Gasteiger partial charge in [0.2, 0.25) is 11.8 Å². The lowest BCUT2D eigenvalue weighted by molar-refractivity contribution is -0.128. The number of benzene rings is 1. The molecule has 2 aliphatic rings. The Bertz CT molecular complexity index is 583. The average Bonchev–Trinajstić information content (AvgIpc) is 3.00. The van der Waals surface area contributed by atoms with Crippen molar-refractivity contribution in [3.63, 3.8) is 0 Å². The van der Waals surface area contributed by atoms with Gasteiger partial charge < -0.3 is 15.5 Å². The minimum absolute atomic E-state index is 0.0570. The van der Waals surface area contributed by atoms with Crippen LogP contribution in [-0.2, 0) is 16.0 Å². The van der Waals surface area contributed by atoms with Gasteiger partial charge in [0, 0.05) is 25.8 Å². The van der Waals surface area contributed by atoms with E-state index in [0.717, 1.165) is 17.7 Å². The van der Waals surface area contributed by atoms with Crippen molar-refractivity contribution in [3.8, 4) is 0 Å². The van der Waals surface area contributed by atoms with Crippen LogP contribution in [0, 0.1) is 5.92 Å². The molecule has 3 unspecified atom stereocenters. The molecule has 0 bridgehead atoms. The van der Waals surface area contributed by atoms with Gasteiger partial charge in [0.1, 0.15) is 0 Å². The Morgan fingerprint density at radius 1 is 1.17 bits per heavy atom. The summed E-state index contributed by atoms with van der Waals surface area (Å²) in [6, 6.07) is 8.00. The van der Waals surface area contributed by atoms with Gasteiger partial charge in [-0.1, -0.05) is 25.0 Å². The topological polar surface area (TPSA) is 61.4 Å². The molecule has 2 N–H and O–H groups in total. The third kappa shape index (κ3) is 3.96. The Morgan fingerprint density at radius 3 is 2.54 bits per heavy atom. The molecule has 3 rings (SSSR count). The van der Waals surface area contributed by atoms with Crippen LogP contribution >= 0.6 is 0 Å². The SMILES string of the molecule is CN(C)C(=O)Cc1ccc(NC(=O)C2CC3CCCCC3N2)cc1. The molecule has 2 amide bonds. The van der Waals surface area contributed by atoms with Crippen LogP contribution in [0.4, 0.5) is 5.69 Å². The summed E-state index contributed by atoms with van der Waals surface area (Å²) in [6.45, 7) is 0. The number of nitrogens with one attached hydrogen (secondary N) is 2. The van der Waals surface area contributed by atoms with E-state index in [-0.39, 0.29) is 17.9 Å². The van der Waals surface area contributed by atoms with Gasteiger partial charge in [-0.3, -0.25) is 9.59 Å². The Balaban J connectivity index is 1.54. The highest BCUT2D eigenvalue weighted by molar-refractivity contribution is 5.95. The van der Waals surface area contributed by atoms with Gasteiger partial charge in [0.25, 0.3) is 0 Å². The molecule has 1 saturated heterocycles. The van der Waals surface area contributed by atoms with E-state index in [0.29, 0.717) is 18.4 Å². The van der Waals surface area contributed by atoms with Crippen molar-refractivity contribution in [2.45, 2.75) is 50.6 Å². The molecule has 130 valence electrons. The van der Waals surface area contributed by atoms with Crippen LogP contribution in [0.1, 0.15) is 37.7 Å². The number of rotatable bonds is 4. The fraction of sp³-hybridized carbons (Fsp3) is 0.579. The molecule has 5 nitrogen and oxygen atoms in total. The lowest BCUT2D eigenvalue weighted by Gasteiger charge is -2.24. The third-order valence-corrected chi connectivity index (χ3v) is 5.25. The van der Waals surface area contributed by atoms with Gasteiger partial charge in [-0.05, 0) is 42.9 Å². The Kier molecular flexibility index (Phi) is 5.19. The highest BCUT2D eigenvalue weighted by atomic mass is 16.2. The van der Waals surface area contributed by atoms with Crippen LogP contribution in [0.25, 0.3) is 0 Å². The van der Waals surface area contributed by atoms with E-state index in [1.54, 1.807) is 19.0 Å². The molecule has 24 heavy (non-hydrogen) atoms. The maximum Gasteiger partial charge on any atom is 0.241 e. The summed E-state index contributed by atoms with van der Waals surface area (Å²) in [5.41, 5.74) is 1.74. The maximum atomic E-state index is 12.5. The fourth-order valence-electron chi connectivity index (χ4n) is 3.79. The predicted octanol–water partition coefficient (Wildman–Crippen LogP) is 2.18. The summed E-state index contributed by atoms with van der Waals surface area (Å²) < 4.78 is 0. The monoisotopic (exact) mass is 329 g/mol. The van der Waals surface area contributed by atoms with Gasteiger partial charge >= 0.3 is 0 Å². The molecule has 1 saturated carbocycles. The number of fused-ring (bicyclic) bond motifs is 1. The first-order chi connectivity index (χ1) is 11.5.